The van der Waals surface area contributed by atoms with Crippen LogP contribution in [0.4, 0.5) is 51.4 Å². The number of nitrogens with zero attached hydrogens (tertiary/aromatic N) is 22. The summed E-state index contributed by atoms with van der Waals surface area (Å²) in [6.45, 7) is 8.34. The number of benzene rings is 8. The molecule has 38 heteroatoms. The Kier molecular flexibility index (Phi) is 31.0. The largest absolute Gasteiger partial charge is 0.497 e. The van der Waals surface area contributed by atoms with Gasteiger partial charge in [-0.2, -0.15) is 20.4 Å². The van der Waals surface area contributed by atoms with Crippen molar-refractivity contribution in [2.75, 3.05) is 139 Å². The number of aliphatic hydroxyl groups is 2. The van der Waals surface area contributed by atoms with Crippen molar-refractivity contribution < 1.29 is 56.2 Å². The number of methoxy groups -OCH3 is 6. The molecule has 1 saturated carbocycles. The lowest BCUT2D eigenvalue weighted by molar-refractivity contribution is 0.201. The number of halogens is 1. The molecule has 2 aliphatic rings. The molecule has 714 valence electrons. The number of nitrogen functional groups attached to an aromatic ring is 1. The van der Waals surface area contributed by atoms with E-state index in [2.05, 4.69) is 89.0 Å². The lowest BCUT2D eigenvalue weighted by Crippen LogP contribution is -2.33. The summed E-state index contributed by atoms with van der Waals surface area (Å²) in [5.74, 6) is 6.06. The summed E-state index contributed by atoms with van der Waals surface area (Å²) in [5, 5.41) is 36.0. The molecule has 1 aliphatic carbocycles. The minimum Gasteiger partial charge on any atom is -0.497 e. The summed E-state index contributed by atoms with van der Waals surface area (Å²) in [4.78, 5) is 53.1. The Morgan fingerprint density at radius 3 is 1.30 bits per heavy atom. The fraction of sp³-hybridized carbons (Fsp3) is 0.290. The first kappa shape index (κ1) is 96.0. The van der Waals surface area contributed by atoms with Crippen LogP contribution in [0.3, 0.4) is 0 Å². The van der Waals surface area contributed by atoms with Crippen molar-refractivity contribution in [2.45, 2.75) is 52.1 Å². The third-order valence-electron chi connectivity index (χ3n) is 23.2. The van der Waals surface area contributed by atoms with E-state index < -0.39 is 10.0 Å². The molecule has 0 unspecified atom stereocenters. The third kappa shape index (κ3) is 24.2. The van der Waals surface area contributed by atoms with Gasteiger partial charge in [0.1, 0.15) is 46.9 Å². The molecule has 0 radical (unpaired) electrons. The molecule has 9 aromatic heterocycles. The number of sulfonamides is 1. The first-order chi connectivity index (χ1) is 67.1. The summed E-state index contributed by atoms with van der Waals surface area (Å²) in [5.41, 5.74) is 25.8. The number of aryl methyl sites for hydroxylation is 3. The summed E-state index contributed by atoms with van der Waals surface area (Å²) >= 11 is 6.68. The maximum atomic E-state index is 12.0. The number of likely N-dealkylation sites (tertiary alicyclic amines) is 1. The minimum atomic E-state index is -3.33. The van der Waals surface area contributed by atoms with Gasteiger partial charge in [0.15, 0.2) is 0 Å². The highest BCUT2D eigenvalue weighted by Gasteiger charge is 2.28. The van der Waals surface area contributed by atoms with Crippen molar-refractivity contribution in [1.29, 1.82) is 0 Å². The molecule has 0 spiro atoms. The molecule has 0 atom stereocenters. The van der Waals surface area contributed by atoms with Gasteiger partial charge in [0.25, 0.3) is 0 Å². The smallest absolute Gasteiger partial charge is 0.216 e. The predicted octanol–water partition coefficient (Wildman–Crippen LogP) is 15.8. The zero-order valence-electron chi connectivity index (χ0n) is 78.3. The van der Waals surface area contributed by atoms with E-state index in [1.54, 1.807) is 124 Å². The average Bonchev–Trinajstić information content (AvgIpc) is 1.44. The zero-order valence-corrected chi connectivity index (χ0v) is 79.9. The summed E-state index contributed by atoms with van der Waals surface area (Å²) in [6.07, 6.45) is 29.2. The molecule has 2 fully saturated rings. The highest BCUT2D eigenvalue weighted by molar-refractivity contribution is 7.89. The molecule has 8 aromatic carbocycles. The Labute approximate surface area is 803 Å². The van der Waals surface area contributed by atoms with Gasteiger partial charge < -0.3 is 78.0 Å². The van der Waals surface area contributed by atoms with Crippen molar-refractivity contribution in [3.05, 3.63) is 237 Å². The second kappa shape index (κ2) is 44.6. The Morgan fingerprint density at radius 2 is 0.877 bits per heavy atom. The second-order valence-electron chi connectivity index (χ2n) is 32.8. The number of hydrogen-bond donors (Lipinski definition) is 4. The van der Waals surface area contributed by atoms with Crippen LogP contribution in [0.1, 0.15) is 44.9 Å². The van der Waals surface area contributed by atoms with Crippen LogP contribution < -0.4 is 63.2 Å². The fourth-order valence-corrected chi connectivity index (χ4v) is 16.7. The highest BCUT2D eigenvalue weighted by atomic mass is 35.5. The van der Waals surface area contributed by atoms with Crippen LogP contribution >= 0.6 is 11.6 Å². The van der Waals surface area contributed by atoms with E-state index in [0.29, 0.717) is 82.2 Å². The first-order valence-electron chi connectivity index (χ1n) is 45.0. The van der Waals surface area contributed by atoms with Crippen LogP contribution in [0, 0.1) is 5.92 Å². The normalized spacial score (nSPS) is 12.5. The van der Waals surface area contributed by atoms with Crippen LogP contribution in [0.25, 0.3) is 89.2 Å². The molecule has 138 heavy (non-hydrogen) atoms. The number of aliphatic hydroxyl groups excluding tert-OH is 2. The van der Waals surface area contributed by atoms with Crippen molar-refractivity contribution in [3.8, 4) is 85.3 Å². The predicted molar refractivity (Wildman–Crippen MR) is 534 cm³/mol. The van der Waals surface area contributed by atoms with Crippen molar-refractivity contribution in [2.24, 2.45) is 27.1 Å². The molecule has 0 amide bonds. The Hall–Kier alpha value is -15.2. The van der Waals surface area contributed by atoms with Gasteiger partial charge in [0, 0.05) is 195 Å². The van der Waals surface area contributed by atoms with Gasteiger partial charge in [-0.1, -0.05) is 11.6 Å². The molecule has 17 aromatic rings. The second-order valence-corrected chi connectivity index (χ2v) is 35.3. The standard InChI is InChI=1S/C26H29ClN6O.C26H29N5O4.C24H23N7O3.C24H28N6O4S/c1-31-18-19(16-29-31)25-17-28-23-9-6-20(14-24(23)30-25)33(13-5-12-32-10-3-4-11-32)26-15-21(34-2)7-8-22(26)27;1-34-22-10-21(11-23(13-22)35-9-8-33)31(16-18-2-3-18)20-4-5-24-25(12-20)29-26(15-27-24)19-14-28-30(17-19)6-7-32;1-30-13-15(10-28-30)22-11-26-20-5-4-16(8-21(20)29-22)31(14-24-27-12-23(25)34-24)17-6-18(32-2)9-19(7-17)33-3;1-5-35(31,32)27-8-9-30(19-10-20(33-3)13-21(11-19)34-4)18-6-7-22-23(12-18)28-24(15-25-22)17-14-26-29(2)16-17/h6-9,14-18H,3-5,10-13H2,1-2H3;4-5,10-15,17-18,32-33H,2-3,6-9,16H2,1H3;4-13H,14,25H2,1-3H3;6-7,10-16,27H,5,8-9H2,1-4H3. The Bertz CT molecular complexity index is 7130. The topological polar surface area (TPSA) is 394 Å². The van der Waals surface area contributed by atoms with E-state index in [1.807, 2.05) is 171 Å². The van der Waals surface area contributed by atoms with Crippen LogP contribution in [0.15, 0.2) is 231 Å². The van der Waals surface area contributed by atoms with Crippen LogP contribution in [-0.2, 0) is 44.3 Å². The van der Waals surface area contributed by atoms with E-state index >= 15 is 0 Å². The molecule has 10 heterocycles. The fourth-order valence-electron chi connectivity index (χ4n) is 15.9. The zero-order chi connectivity index (χ0) is 96.4. The number of rotatable bonds is 36. The van der Waals surface area contributed by atoms with Gasteiger partial charge in [-0.25, -0.2) is 38.1 Å². The van der Waals surface area contributed by atoms with Gasteiger partial charge in [0.2, 0.25) is 21.8 Å². The number of nitrogens with one attached hydrogen (secondary N) is 1. The summed E-state index contributed by atoms with van der Waals surface area (Å²) < 4.78 is 77.7. The van der Waals surface area contributed by atoms with E-state index in [0.717, 1.165) is 155 Å². The molecule has 1 aliphatic heterocycles. The third-order valence-corrected chi connectivity index (χ3v) is 24.9. The summed E-state index contributed by atoms with van der Waals surface area (Å²) in [6, 6.07) is 46.7. The van der Waals surface area contributed by atoms with Crippen molar-refractivity contribution >= 4 is 117 Å². The van der Waals surface area contributed by atoms with Gasteiger partial charge in [-0.05, 0) is 150 Å². The van der Waals surface area contributed by atoms with Crippen molar-refractivity contribution in [1.82, 2.24) is 93.6 Å². The van der Waals surface area contributed by atoms with Gasteiger partial charge in [-0.3, -0.25) is 38.7 Å². The lowest BCUT2D eigenvalue weighted by Gasteiger charge is -2.27. The molecule has 19 rings (SSSR count). The number of hydrogen-bond acceptors (Lipinski definition) is 31. The molecule has 5 N–H and O–H groups in total. The van der Waals surface area contributed by atoms with Crippen LogP contribution in [-0.4, -0.2) is 222 Å². The van der Waals surface area contributed by atoms with Crippen LogP contribution in [0.2, 0.25) is 5.02 Å². The van der Waals surface area contributed by atoms with Crippen molar-refractivity contribution in [3.63, 3.8) is 0 Å². The van der Waals surface area contributed by atoms with E-state index in [4.69, 9.17) is 80.0 Å². The maximum absolute atomic E-state index is 12.0. The van der Waals surface area contributed by atoms with E-state index in [1.165, 1.54) is 45.0 Å². The molecular weight excluding hydrogens is 1800 g/mol. The number of oxazole rings is 1. The van der Waals surface area contributed by atoms with Crippen LogP contribution in [0.5, 0.6) is 40.2 Å². The quantitative estimate of drug-likeness (QED) is 0.0283. The highest BCUT2D eigenvalue weighted by Crippen LogP contribution is 2.43. The van der Waals surface area contributed by atoms with Gasteiger partial charge in [0.05, 0.1) is 208 Å². The Morgan fingerprint density at radius 1 is 0.449 bits per heavy atom. The average molecular weight is 1910 g/mol. The molecular formula is C100H109ClN24O12S. The van der Waals surface area contributed by atoms with Gasteiger partial charge in [-0.15, -0.1) is 0 Å². The minimum absolute atomic E-state index is 0.0165. The van der Waals surface area contributed by atoms with E-state index in [9.17, 15) is 13.5 Å². The molecule has 0 bridgehead atoms. The monoisotopic (exact) mass is 1900 g/mol. The number of ether oxygens (including phenoxy) is 7. The number of nitrogens with two attached hydrogens (primary N) is 1. The number of fused-ring (bicyclic) bond motifs is 4. The van der Waals surface area contributed by atoms with E-state index in [-0.39, 0.29) is 38.0 Å². The number of aromatic nitrogens is 17. The maximum Gasteiger partial charge on any atom is 0.216 e. The number of anilines is 9. The summed E-state index contributed by atoms with van der Waals surface area (Å²) in [7, 11) is 12.0. The van der Waals surface area contributed by atoms with Gasteiger partial charge >= 0.3 is 0 Å². The lowest BCUT2D eigenvalue weighted by atomic mass is 10.1. The Balaban J connectivity index is 0.000000133. The molecule has 36 nitrogen and oxygen atoms in total. The molecule has 1 saturated heterocycles. The first-order valence-corrected chi connectivity index (χ1v) is 47.0. The SMILES string of the molecule is CCS(=O)(=O)NCCN(c1cc(OC)cc(OC)c1)c1ccc2ncc(-c3cnn(C)c3)nc2c1.COc1cc(OC)cc(N(Cc2ncc(N)o2)c2ccc3ncc(-c4cnn(C)c4)nc3c2)c1.COc1cc(OCCO)cc(N(CC2CC2)c2ccc3ncc(-c4cnn(CCO)c4)nc3c2)c1.COc1ccc(Cl)c(N(CCCN2CCCC2)c2ccc3ncc(-c4cnn(C)c4)nc3c2)c1.